The van der Waals surface area contributed by atoms with Crippen LogP contribution in [0, 0.1) is 5.92 Å². The number of nitrogens with one attached hydrogen (secondary N) is 1. The van der Waals surface area contributed by atoms with Crippen LogP contribution in [0.2, 0.25) is 0 Å². The van der Waals surface area contributed by atoms with Gasteiger partial charge in [-0.25, -0.2) is 0 Å². The lowest BCUT2D eigenvalue weighted by atomic mass is 10.1. The number of hydrogen-bond donors (Lipinski definition) is 1. The maximum Gasteiger partial charge on any atom is 0.245 e. The Hall–Kier alpha value is -1.75. The maximum atomic E-state index is 12.3. The number of amides is 1. The number of anilines is 1. The Morgan fingerprint density at radius 3 is 2.70 bits per heavy atom. The molecule has 23 heavy (non-hydrogen) atoms. The van der Waals surface area contributed by atoms with Crippen molar-refractivity contribution in [3.63, 3.8) is 0 Å². The SMILES string of the molecule is CC(C)N1CCC(Nc2ccc(OCC3CCOC3)cc2)C1=O. The molecule has 0 spiro atoms. The van der Waals surface area contributed by atoms with E-state index in [1.807, 2.05) is 29.2 Å². The van der Waals surface area contributed by atoms with Gasteiger partial charge in [-0.15, -0.1) is 0 Å². The minimum absolute atomic E-state index is 0.111. The van der Waals surface area contributed by atoms with E-state index >= 15 is 0 Å². The van der Waals surface area contributed by atoms with Gasteiger partial charge >= 0.3 is 0 Å². The molecule has 5 nitrogen and oxygen atoms in total. The summed E-state index contributed by atoms with van der Waals surface area (Å²) in [5.41, 5.74) is 0.963. The first-order chi connectivity index (χ1) is 11.1. The van der Waals surface area contributed by atoms with Crippen LogP contribution in [0.1, 0.15) is 26.7 Å². The normalized spacial score (nSPS) is 24.5. The molecular formula is C18H26N2O3. The molecule has 1 N–H and O–H groups in total. The Kier molecular flexibility index (Phi) is 5.06. The molecule has 2 aliphatic rings. The van der Waals surface area contributed by atoms with Crippen molar-refractivity contribution in [1.29, 1.82) is 0 Å². The second-order valence-corrected chi connectivity index (χ2v) is 6.68. The summed E-state index contributed by atoms with van der Waals surface area (Å²) in [6.07, 6.45) is 1.94. The highest BCUT2D eigenvalue weighted by atomic mass is 16.5. The molecule has 2 atom stereocenters. The van der Waals surface area contributed by atoms with Gasteiger partial charge in [-0.3, -0.25) is 4.79 Å². The van der Waals surface area contributed by atoms with Crippen molar-refractivity contribution in [3.05, 3.63) is 24.3 Å². The fourth-order valence-electron chi connectivity index (χ4n) is 3.13. The van der Waals surface area contributed by atoms with Gasteiger partial charge in [0.15, 0.2) is 0 Å². The number of likely N-dealkylation sites (tertiary alicyclic amines) is 1. The van der Waals surface area contributed by atoms with Gasteiger partial charge in [0.25, 0.3) is 0 Å². The van der Waals surface area contributed by atoms with Crippen molar-refractivity contribution >= 4 is 11.6 Å². The molecule has 126 valence electrons. The molecule has 3 rings (SSSR count). The summed E-state index contributed by atoms with van der Waals surface area (Å²) in [6.45, 7) is 7.30. The molecule has 0 aromatic heterocycles. The van der Waals surface area contributed by atoms with Crippen molar-refractivity contribution in [2.45, 2.75) is 38.8 Å². The van der Waals surface area contributed by atoms with Gasteiger partial charge in [-0.05, 0) is 51.0 Å². The van der Waals surface area contributed by atoms with Crippen LogP contribution in [0.5, 0.6) is 5.75 Å². The van der Waals surface area contributed by atoms with Gasteiger partial charge in [0.2, 0.25) is 5.91 Å². The number of nitrogens with zero attached hydrogens (tertiary/aromatic N) is 1. The van der Waals surface area contributed by atoms with E-state index in [0.717, 1.165) is 44.0 Å². The Morgan fingerprint density at radius 1 is 1.30 bits per heavy atom. The first-order valence-electron chi connectivity index (χ1n) is 8.51. The van der Waals surface area contributed by atoms with Gasteiger partial charge in [0, 0.05) is 30.8 Å². The van der Waals surface area contributed by atoms with Crippen LogP contribution in [0.4, 0.5) is 5.69 Å². The molecule has 2 unspecified atom stereocenters. The van der Waals surface area contributed by atoms with Crippen molar-refractivity contribution in [2.24, 2.45) is 5.92 Å². The lowest BCUT2D eigenvalue weighted by Gasteiger charge is -2.21. The van der Waals surface area contributed by atoms with Gasteiger partial charge in [-0.1, -0.05) is 0 Å². The lowest BCUT2D eigenvalue weighted by Crippen LogP contribution is -2.37. The molecule has 2 aliphatic heterocycles. The molecule has 1 amide bonds. The van der Waals surface area contributed by atoms with Crippen LogP contribution in [-0.4, -0.2) is 49.3 Å². The highest BCUT2D eigenvalue weighted by Crippen LogP contribution is 2.22. The summed E-state index contributed by atoms with van der Waals surface area (Å²) < 4.78 is 11.2. The predicted molar refractivity (Wildman–Crippen MR) is 89.7 cm³/mol. The number of hydrogen-bond acceptors (Lipinski definition) is 4. The predicted octanol–water partition coefficient (Wildman–Crippen LogP) is 2.52. The van der Waals surface area contributed by atoms with Crippen LogP contribution >= 0.6 is 0 Å². The molecule has 2 fully saturated rings. The average molecular weight is 318 g/mol. The topological polar surface area (TPSA) is 50.8 Å². The second kappa shape index (κ2) is 7.21. The van der Waals surface area contributed by atoms with Crippen LogP contribution in [0.25, 0.3) is 0 Å². The standard InChI is InChI=1S/C18H26N2O3/c1-13(2)20-9-7-17(18(20)21)19-15-3-5-16(6-4-15)23-12-14-8-10-22-11-14/h3-6,13-14,17,19H,7-12H2,1-2H3. The Balaban J connectivity index is 1.50. The average Bonchev–Trinajstić information content (AvgIpc) is 3.17. The monoisotopic (exact) mass is 318 g/mol. The molecule has 1 aromatic rings. The first-order valence-corrected chi connectivity index (χ1v) is 8.51. The Labute approximate surface area is 137 Å². The van der Waals surface area contributed by atoms with E-state index in [-0.39, 0.29) is 18.0 Å². The highest BCUT2D eigenvalue weighted by Gasteiger charge is 2.32. The number of rotatable bonds is 6. The maximum absolute atomic E-state index is 12.3. The van der Waals surface area contributed by atoms with Crippen molar-refractivity contribution in [1.82, 2.24) is 4.90 Å². The summed E-state index contributed by atoms with van der Waals surface area (Å²) in [7, 11) is 0. The van der Waals surface area contributed by atoms with Gasteiger partial charge in [-0.2, -0.15) is 0 Å². The summed E-state index contributed by atoms with van der Waals surface area (Å²) in [5.74, 6) is 1.57. The van der Waals surface area contributed by atoms with E-state index < -0.39 is 0 Å². The zero-order valence-electron chi connectivity index (χ0n) is 14.0. The minimum atomic E-state index is -0.111. The molecule has 0 radical (unpaired) electrons. The quantitative estimate of drug-likeness (QED) is 0.876. The van der Waals surface area contributed by atoms with E-state index in [4.69, 9.17) is 9.47 Å². The van der Waals surface area contributed by atoms with Crippen molar-refractivity contribution < 1.29 is 14.3 Å². The van der Waals surface area contributed by atoms with E-state index in [1.54, 1.807) is 0 Å². The van der Waals surface area contributed by atoms with Gasteiger partial charge in [0.1, 0.15) is 11.8 Å². The first kappa shape index (κ1) is 16.1. The van der Waals surface area contributed by atoms with E-state index in [2.05, 4.69) is 19.2 Å². The molecule has 0 aliphatic carbocycles. The van der Waals surface area contributed by atoms with Crippen LogP contribution in [0.3, 0.4) is 0 Å². The zero-order valence-corrected chi connectivity index (χ0v) is 14.0. The van der Waals surface area contributed by atoms with E-state index in [9.17, 15) is 4.79 Å². The highest BCUT2D eigenvalue weighted by molar-refractivity contribution is 5.87. The van der Waals surface area contributed by atoms with Crippen molar-refractivity contribution in [2.75, 3.05) is 31.7 Å². The summed E-state index contributed by atoms with van der Waals surface area (Å²) >= 11 is 0. The van der Waals surface area contributed by atoms with Crippen LogP contribution in [0.15, 0.2) is 24.3 Å². The largest absolute Gasteiger partial charge is 0.493 e. The minimum Gasteiger partial charge on any atom is -0.493 e. The fraction of sp³-hybridized carbons (Fsp3) is 0.611. The van der Waals surface area contributed by atoms with Crippen molar-refractivity contribution in [3.8, 4) is 5.75 Å². The Bertz CT molecular complexity index is 524. The second-order valence-electron chi connectivity index (χ2n) is 6.68. The number of ether oxygens (including phenoxy) is 2. The fourth-order valence-corrected chi connectivity index (χ4v) is 3.13. The molecular weight excluding hydrogens is 292 g/mol. The molecule has 5 heteroatoms. The third-order valence-electron chi connectivity index (χ3n) is 4.57. The number of carbonyl (C=O) groups is 1. The molecule has 2 saturated heterocycles. The van der Waals surface area contributed by atoms with E-state index in [0.29, 0.717) is 12.5 Å². The van der Waals surface area contributed by atoms with Gasteiger partial charge < -0.3 is 19.7 Å². The van der Waals surface area contributed by atoms with Crippen LogP contribution in [-0.2, 0) is 9.53 Å². The van der Waals surface area contributed by atoms with Gasteiger partial charge in [0.05, 0.1) is 13.2 Å². The summed E-state index contributed by atoms with van der Waals surface area (Å²) in [5, 5.41) is 3.33. The molecule has 0 bridgehead atoms. The molecule has 1 aromatic carbocycles. The smallest absolute Gasteiger partial charge is 0.245 e. The summed E-state index contributed by atoms with van der Waals surface area (Å²) in [6, 6.07) is 8.03. The lowest BCUT2D eigenvalue weighted by molar-refractivity contribution is -0.129. The van der Waals surface area contributed by atoms with E-state index in [1.165, 1.54) is 0 Å². The summed E-state index contributed by atoms with van der Waals surface area (Å²) in [4.78, 5) is 14.2. The Morgan fingerprint density at radius 2 is 2.09 bits per heavy atom. The third kappa shape index (κ3) is 3.96. The third-order valence-corrected chi connectivity index (χ3v) is 4.57. The molecule has 0 saturated carbocycles. The molecule has 2 heterocycles. The van der Waals surface area contributed by atoms with Crippen LogP contribution < -0.4 is 10.1 Å². The number of carbonyl (C=O) groups excluding carboxylic acids is 1. The zero-order chi connectivity index (χ0) is 16.2. The number of benzene rings is 1.